The Bertz CT molecular complexity index is 483. The van der Waals surface area contributed by atoms with Crippen LogP contribution in [0.1, 0.15) is 17.2 Å². The van der Waals surface area contributed by atoms with Crippen LogP contribution in [0.4, 0.5) is 10.1 Å². The van der Waals surface area contributed by atoms with Gasteiger partial charge >= 0.3 is 0 Å². The molecule has 2 aromatic rings. The van der Waals surface area contributed by atoms with Crippen LogP contribution in [0, 0.1) is 5.82 Å². The van der Waals surface area contributed by atoms with Gasteiger partial charge in [0.05, 0.1) is 11.7 Å². The zero-order valence-electron chi connectivity index (χ0n) is 8.73. The van der Waals surface area contributed by atoms with Crippen LogP contribution in [0.2, 0.25) is 0 Å². The van der Waals surface area contributed by atoms with Crippen molar-refractivity contribution >= 4 is 5.69 Å². The number of anilines is 1. The molecule has 0 fully saturated rings. The molecule has 16 heavy (non-hydrogen) atoms. The standard InChI is InChI=1S/C13H13FN2/c14-11-7-6-10(8-12(11)15)13(16)9-4-2-1-3-5-9/h1-8,13H,15-16H2. The van der Waals surface area contributed by atoms with Crippen LogP contribution in [-0.4, -0.2) is 0 Å². The van der Waals surface area contributed by atoms with E-state index in [0.717, 1.165) is 11.1 Å². The van der Waals surface area contributed by atoms with Gasteiger partial charge in [-0.3, -0.25) is 0 Å². The monoisotopic (exact) mass is 216 g/mol. The van der Waals surface area contributed by atoms with Gasteiger partial charge in [-0.05, 0) is 23.3 Å². The smallest absolute Gasteiger partial charge is 0.146 e. The third kappa shape index (κ3) is 2.04. The number of hydrogen-bond acceptors (Lipinski definition) is 2. The minimum Gasteiger partial charge on any atom is -0.396 e. The SMILES string of the molecule is Nc1cc(C(N)c2ccccc2)ccc1F. The Kier molecular flexibility index (Phi) is 2.88. The van der Waals surface area contributed by atoms with E-state index in [4.69, 9.17) is 11.5 Å². The van der Waals surface area contributed by atoms with Crippen LogP contribution in [-0.2, 0) is 0 Å². The van der Waals surface area contributed by atoms with Gasteiger partial charge in [-0.1, -0.05) is 36.4 Å². The Balaban J connectivity index is 2.34. The molecule has 0 aliphatic carbocycles. The first-order valence-electron chi connectivity index (χ1n) is 5.04. The number of halogens is 1. The molecule has 0 bridgehead atoms. The highest BCUT2D eigenvalue weighted by atomic mass is 19.1. The Labute approximate surface area is 93.7 Å². The Hall–Kier alpha value is -1.87. The van der Waals surface area contributed by atoms with Crippen molar-refractivity contribution in [3.05, 3.63) is 65.5 Å². The fourth-order valence-electron chi connectivity index (χ4n) is 1.61. The molecular weight excluding hydrogens is 203 g/mol. The molecule has 82 valence electrons. The lowest BCUT2D eigenvalue weighted by molar-refractivity contribution is 0.631. The zero-order valence-corrected chi connectivity index (χ0v) is 8.73. The van der Waals surface area contributed by atoms with Crippen molar-refractivity contribution in [2.75, 3.05) is 5.73 Å². The summed E-state index contributed by atoms with van der Waals surface area (Å²) in [7, 11) is 0. The highest BCUT2D eigenvalue weighted by Gasteiger charge is 2.09. The topological polar surface area (TPSA) is 52.0 Å². The van der Waals surface area contributed by atoms with E-state index in [2.05, 4.69) is 0 Å². The van der Waals surface area contributed by atoms with Gasteiger partial charge in [0.25, 0.3) is 0 Å². The Morgan fingerprint density at radius 3 is 2.25 bits per heavy atom. The van der Waals surface area contributed by atoms with Gasteiger partial charge in [0.2, 0.25) is 0 Å². The first kappa shape index (κ1) is 10.6. The molecule has 4 N–H and O–H groups in total. The van der Waals surface area contributed by atoms with Crippen LogP contribution in [0.15, 0.2) is 48.5 Å². The second kappa shape index (κ2) is 4.33. The summed E-state index contributed by atoms with van der Waals surface area (Å²) in [6.45, 7) is 0. The van der Waals surface area contributed by atoms with Gasteiger partial charge < -0.3 is 11.5 Å². The summed E-state index contributed by atoms with van der Waals surface area (Å²) in [6, 6.07) is 13.9. The second-order valence-corrected chi connectivity index (χ2v) is 3.67. The predicted octanol–water partition coefficient (Wildman–Crippen LogP) is 2.46. The van der Waals surface area contributed by atoms with Crippen molar-refractivity contribution in [3.63, 3.8) is 0 Å². The highest BCUT2D eigenvalue weighted by Crippen LogP contribution is 2.22. The van der Waals surface area contributed by atoms with E-state index >= 15 is 0 Å². The summed E-state index contributed by atoms with van der Waals surface area (Å²) in [5, 5.41) is 0. The fraction of sp³-hybridized carbons (Fsp3) is 0.0769. The van der Waals surface area contributed by atoms with Gasteiger partial charge in [-0.25, -0.2) is 4.39 Å². The molecule has 1 unspecified atom stereocenters. The number of rotatable bonds is 2. The molecule has 3 heteroatoms. The van der Waals surface area contributed by atoms with Crippen molar-refractivity contribution in [2.24, 2.45) is 5.73 Å². The molecular formula is C13H13FN2. The molecule has 1 atom stereocenters. The van der Waals surface area contributed by atoms with Crippen molar-refractivity contribution in [3.8, 4) is 0 Å². The van der Waals surface area contributed by atoms with E-state index in [1.165, 1.54) is 6.07 Å². The summed E-state index contributed by atoms with van der Waals surface area (Å²) in [5.41, 5.74) is 13.5. The maximum Gasteiger partial charge on any atom is 0.146 e. The predicted molar refractivity (Wildman–Crippen MR) is 63.3 cm³/mol. The van der Waals surface area contributed by atoms with Crippen molar-refractivity contribution < 1.29 is 4.39 Å². The van der Waals surface area contributed by atoms with E-state index in [-0.39, 0.29) is 11.7 Å². The number of nitrogen functional groups attached to an aromatic ring is 1. The molecule has 2 rings (SSSR count). The van der Waals surface area contributed by atoms with E-state index in [0.29, 0.717) is 0 Å². The molecule has 0 spiro atoms. The minimum atomic E-state index is -0.413. The molecule has 2 nitrogen and oxygen atoms in total. The van der Waals surface area contributed by atoms with Crippen LogP contribution >= 0.6 is 0 Å². The Morgan fingerprint density at radius 1 is 0.938 bits per heavy atom. The second-order valence-electron chi connectivity index (χ2n) is 3.67. The van der Waals surface area contributed by atoms with Crippen LogP contribution in [0.3, 0.4) is 0 Å². The van der Waals surface area contributed by atoms with Gasteiger partial charge in [0.1, 0.15) is 5.82 Å². The van der Waals surface area contributed by atoms with Crippen molar-refractivity contribution in [2.45, 2.75) is 6.04 Å². The van der Waals surface area contributed by atoms with E-state index in [9.17, 15) is 4.39 Å². The van der Waals surface area contributed by atoms with Crippen LogP contribution in [0.5, 0.6) is 0 Å². The zero-order chi connectivity index (χ0) is 11.5. The van der Waals surface area contributed by atoms with Crippen molar-refractivity contribution in [1.29, 1.82) is 0 Å². The van der Waals surface area contributed by atoms with E-state index in [1.807, 2.05) is 30.3 Å². The molecule has 0 radical (unpaired) electrons. The highest BCUT2D eigenvalue weighted by molar-refractivity contribution is 5.45. The van der Waals surface area contributed by atoms with Gasteiger partial charge in [0, 0.05) is 0 Å². The minimum absolute atomic E-state index is 0.129. The molecule has 0 saturated carbocycles. The molecule has 0 amide bonds. The van der Waals surface area contributed by atoms with Gasteiger partial charge in [-0.2, -0.15) is 0 Å². The summed E-state index contributed by atoms with van der Waals surface area (Å²) in [6.07, 6.45) is 0. The molecule has 0 heterocycles. The van der Waals surface area contributed by atoms with Gasteiger partial charge in [0.15, 0.2) is 0 Å². The summed E-state index contributed by atoms with van der Waals surface area (Å²) in [5.74, 6) is -0.413. The van der Waals surface area contributed by atoms with Crippen molar-refractivity contribution in [1.82, 2.24) is 0 Å². The summed E-state index contributed by atoms with van der Waals surface area (Å²) in [4.78, 5) is 0. The van der Waals surface area contributed by atoms with Crippen LogP contribution in [0.25, 0.3) is 0 Å². The lowest BCUT2D eigenvalue weighted by Gasteiger charge is -2.13. The fourth-order valence-corrected chi connectivity index (χ4v) is 1.61. The quantitative estimate of drug-likeness (QED) is 0.757. The lowest BCUT2D eigenvalue weighted by atomic mass is 9.99. The Morgan fingerprint density at radius 2 is 1.62 bits per heavy atom. The number of nitrogens with two attached hydrogens (primary N) is 2. The third-order valence-corrected chi connectivity index (χ3v) is 2.54. The van der Waals surface area contributed by atoms with E-state index < -0.39 is 5.82 Å². The molecule has 2 aromatic carbocycles. The molecule has 0 aliphatic heterocycles. The normalized spacial score (nSPS) is 12.4. The lowest BCUT2D eigenvalue weighted by Crippen LogP contribution is -2.12. The number of benzene rings is 2. The summed E-state index contributed by atoms with van der Waals surface area (Å²) < 4.78 is 13.0. The van der Waals surface area contributed by atoms with Crippen LogP contribution < -0.4 is 11.5 Å². The summed E-state index contributed by atoms with van der Waals surface area (Å²) >= 11 is 0. The number of hydrogen-bond donors (Lipinski definition) is 2. The van der Waals surface area contributed by atoms with Gasteiger partial charge in [-0.15, -0.1) is 0 Å². The average Bonchev–Trinajstić information content (AvgIpc) is 2.33. The molecule has 0 saturated heterocycles. The maximum absolute atomic E-state index is 13.0. The molecule has 0 aromatic heterocycles. The molecule has 0 aliphatic rings. The first-order chi connectivity index (χ1) is 7.68. The third-order valence-electron chi connectivity index (χ3n) is 2.54. The largest absolute Gasteiger partial charge is 0.396 e. The average molecular weight is 216 g/mol. The first-order valence-corrected chi connectivity index (χ1v) is 5.04. The maximum atomic E-state index is 13.0. The van der Waals surface area contributed by atoms with E-state index in [1.54, 1.807) is 12.1 Å².